The Labute approximate surface area is 148 Å². The van der Waals surface area contributed by atoms with E-state index in [-0.39, 0.29) is 17.2 Å². The van der Waals surface area contributed by atoms with E-state index >= 15 is 0 Å². The van der Waals surface area contributed by atoms with Gasteiger partial charge in [-0.15, -0.1) is 0 Å². The number of β-amino-alcohol motifs (C(OH)–C–C–N with tert-alkyl or cyclic N) is 1. The summed E-state index contributed by atoms with van der Waals surface area (Å²) in [4.78, 5) is 40.1. The molecule has 0 bridgehead atoms. The van der Waals surface area contributed by atoms with Crippen LogP contribution in [0.3, 0.4) is 0 Å². The van der Waals surface area contributed by atoms with Gasteiger partial charge in [-0.3, -0.25) is 14.5 Å². The van der Waals surface area contributed by atoms with Gasteiger partial charge in [-0.25, -0.2) is 4.79 Å². The number of carbonyl (C=O) groups is 3. The second-order valence-electron chi connectivity index (χ2n) is 7.67. The van der Waals surface area contributed by atoms with Crippen LogP contribution in [0.4, 0.5) is 4.79 Å². The molecule has 2 rings (SSSR count). The van der Waals surface area contributed by atoms with Gasteiger partial charge in [-0.1, -0.05) is 13.8 Å². The van der Waals surface area contributed by atoms with Crippen molar-refractivity contribution in [3.05, 3.63) is 0 Å². The van der Waals surface area contributed by atoms with Crippen molar-refractivity contribution in [2.75, 3.05) is 32.7 Å². The molecule has 0 aromatic carbocycles. The van der Waals surface area contributed by atoms with Gasteiger partial charge in [0.25, 0.3) is 0 Å². The topological polar surface area (TPSA) is 101 Å². The Kier molecular flexibility index (Phi) is 5.92. The quantitative estimate of drug-likeness (QED) is 0.769. The third-order valence-corrected chi connectivity index (χ3v) is 5.49. The minimum absolute atomic E-state index is 0.000723. The number of likely N-dealkylation sites (tertiary alicyclic amines) is 1. The lowest BCUT2D eigenvalue weighted by Crippen LogP contribution is -2.57. The molecular formula is C17H29N3O5. The van der Waals surface area contributed by atoms with Gasteiger partial charge in [-0.2, -0.15) is 0 Å². The fourth-order valence-corrected chi connectivity index (χ4v) is 3.36. The van der Waals surface area contributed by atoms with Gasteiger partial charge >= 0.3 is 6.09 Å². The van der Waals surface area contributed by atoms with Crippen molar-refractivity contribution in [1.82, 2.24) is 14.7 Å². The van der Waals surface area contributed by atoms with Gasteiger partial charge in [0.2, 0.25) is 11.8 Å². The summed E-state index contributed by atoms with van der Waals surface area (Å²) < 4.78 is 0. The van der Waals surface area contributed by atoms with Crippen molar-refractivity contribution >= 4 is 17.9 Å². The normalized spacial score (nSPS) is 26.7. The highest BCUT2D eigenvalue weighted by Crippen LogP contribution is 2.30. The molecule has 8 nitrogen and oxygen atoms in total. The van der Waals surface area contributed by atoms with E-state index in [4.69, 9.17) is 5.11 Å². The summed E-state index contributed by atoms with van der Waals surface area (Å²) in [7, 11) is 0. The zero-order chi connectivity index (χ0) is 18.8. The van der Waals surface area contributed by atoms with Crippen molar-refractivity contribution in [3.63, 3.8) is 0 Å². The number of aliphatic hydroxyl groups is 1. The lowest BCUT2D eigenvalue weighted by atomic mass is 9.80. The molecule has 0 spiro atoms. The summed E-state index contributed by atoms with van der Waals surface area (Å²) in [6.07, 6.45) is 0.0421. The molecule has 0 radical (unpaired) electrons. The number of carbonyl (C=O) groups excluding carboxylic acids is 2. The van der Waals surface area contributed by atoms with Crippen LogP contribution in [0.2, 0.25) is 0 Å². The highest BCUT2D eigenvalue weighted by molar-refractivity contribution is 5.86. The molecular weight excluding hydrogens is 326 g/mol. The van der Waals surface area contributed by atoms with Crippen LogP contribution in [-0.2, 0) is 9.59 Å². The number of hydrogen-bond donors (Lipinski definition) is 2. The van der Waals surface area contributed by atoms with E-state index < -0.39 is 18.2 Å². The second-order valence-corrected chi connectivity index (χ2v) is 7.67. The zero-order valence-corrected chi connectivity index (χ0v) is 15.3. The van der Waals surface area contributed by atoms with E-state index in [1.165, 1.54) is 0 Å². The maximum absolute atomic E-state index is 12.3. The molecule has 0 aliphatic carbocycles. The Morgan fingerprint density at radius 2 is 1.92 bits per heavy atom. The smallest absolute Gasteiger partial charge is 0.408 e. The fraction of sp³-hybridized carbons (Fsp3) is 0.824. The number of piperazine rings is 1. The average Bonchev–Trinajstić information content (AvgIpc) is 2.53. The SMILES string of the molecule is C[C@H]1C(=O)N(CCCC(=O)N2CCC(C)(C)[C@H](O)C2)CCN1C(=O)O. The van der Waals surface area contributed by atoms with Crippen molar-refractivity contribution in [1.29, 1.82) is 0 Å². The second kappa shape index (κ2) is 7.59. The maximum atomic E-state index is 12.3. The first-order valence-electron chi connectivity index (χ1n) is 8.87. The highest BCUT2D eigenvalue weighted by atomic mass is 16.4. The predicted molar refractivity (Wildman–Crippen MR) is 91.0 cm³/mol. The van der Waals surface area contributed by atoms with Gasteiger partial charge in [0.1, 0.15) is 6.04 Å². The van der Waals surface area contributed by atoms with E-state index in [1.54, 1.807) is 16.7 Å². The molecule has 0 aromatic rings. The summed E-state index contributed by atoms with van der Waals surface area (Å²) in [5.41, 5.74) is -0.164. The van der Waals surface area contributed by atoms with Gasteiger partial charge in [0.15, 0.2) is 0 Å². The number of hydrogen-bond acceptors (Lipinski definition) is 4. The van der Waals surface area contributed by atoms with Crippen molar-refractivity contribution in [3.8, 4) is 0 Å². The van der Waals surface area contributed by atoms with Crippen LogP contribution >= 0.6 is 0 Å². The first-order chi connectivity index (χ1) is 11.6. The zero-order valence-electron chi connectivity index (χ0n) is 15.3. The van der Waals surface area contributed by atoms with Gasteiger partial charge < -0.3 is 20.0 Å². The van der Waals surface area contributed by atoms with Crippen LogP contribution in [0.15, 0.2) is 0 Å². The molecule has 0 unspecified atom stereocenters. The monoisotopic (exact) mass is 355 g/mol. The molecule has 0 aromatic heterocycles. The van der Waals surface area contributed by atoms with Gasteiger partial charge in [0, 0.05) is 39.1 Å². The highest BCUT2D eigenvalue weighted by Gasteiger charge is 2.36. The molecule has 25 heavy (non-hydrogen) atoms. The van der Waals surface area contributed by atoms with E-state index in [9.17, 15) is 19.5 Å². The number of aliphatic hydroxyl groups excluding tert-OH is 1. The van der Waals surface area contributed by atoms with Crippen molar-refractivity contribution in [2.24, 2.45) is 5.41 Å². The van der Waals surface area contributed by atoms with Crippen LogP contribution in [0.1, 0.15) is 40.0 Å². The van der Waals surface area contributed by atoms with Gasteiger partial charge in [0.05, 0.1) is 6.10 Å². The van der Waals surface area contributed by atoms with E-state index in [1.807, 2.05) is 13.8 Å². The van der Waals surface area contributed by atoms with Crippen molar-refractivity contribution in [2.45, 2.75) is 52.2 Å². The minimum Gasteiger partial charge on any atom is -0.465 e. The third-order valence-electron chi connectivity index (χ3n) is 5.49. The molecule has 0 saturated carbocycles. The minimum atomic E-state index is -1.08. The van der Waals surface area contributed by atoms with E-state index in [0.29, 0.717) is 45.6 Å². The molecule has 3 amide bonds. The number of rotatable bonds is 4. The van der Waals surface area contributed by atoms with E-state index in [0.717, 1.165) is 11.3 Å². The Hall–Kier alpha value is -1.83. The summed E-state index contributed by atoms with van der Waals surface area (Å²) in [6.45, 7) is 7.71. The number of amides is 3. The largest absolute Gasteiger partial charge is 0.465 e. The first-order valence-corrected chi connectivity index (χ1v) is 8.87. The van der Waals surface area contributed by atoms with Crippen LogP contribution in [0.5, 0.6) is 0 Å². The Morgan fingerprint density at radius 3 is 2.52 bits per heavy atom. The van der Waals surface area contributed by atoms with Crippen LogP contribution < -0.4 is 0 Å². The van der Waals surface area contributed by atoms with E-state index in [2.05, 4.69) is 0 Å². The molecule has 8 heteroatoms. The van der Waals surface area contributed by atoms with Crippen LogP contribution in [0.25, 0.3) is 0 Å². The molecule has 2 saturated heterocycles. The number of piperidine rings is 1. The number of carboxylic acid groups (broad SMARTS) is 1. The average molecular weight is 355 g/mol. The molecule has 2 aliphatic rings. The van der Waals surface area contributed by atoms with Gasteiger partial charge in [-0.05, 0) is 25.2 Å². The van der Waals surface area contributed by atoms with Crippen LogP contribution in [0, 0.1) is 5.41 Å². The molecule has 2 atom stereocenters. The fourth-order valence-electron chi connectivity index (χ4n) is 3.36. The van der Waals surface area contributed by atoms with Crippen molar-refractivity contribution < 1.29 is 24.6 Å². The Morgan fingerprint density at radius 1 is 1.24 bits per heavy atom. The lowest BCUT2D eigenvalue weighted by Gasteiger charge is -2.41. The standard InChI is InChI=1S/C17H29N3O5/c1-12-15(23)18(9-10-20(12)16(24)25)7-4-5-14(22)19-8-6-17(2,3)13(21)11-19/h12-13,21H,4-11H2,1-3H3,(H,24,25)/t12-,13+/m0/s1. The van der Waals surface area contributed by atoms with Crippen LogP contribution in [-0.4, -0.2) is 87.7 Å². The summed E-state index contributed by atoms with van der Waals surface area (Å²) in [6, 6.07) is -0.679. The first kappa shape index (κ1) is 19.5. The predicted octanol–water partition coefficient (Wildman–Crippen LogP) is 0.597. The summed E-state index contributed by atoms with van der Waals surface area (Å²) in [5, 5.41) is 19.2. The third kappa shape index (κ3) is 4.42. The Bertz CT molecular complexity index is 536. The maximum Gasteiger partial charge on any atom is 0.408 e. The molecule has 142 valence electrons. The number of nitrogens with zero attached hydrogens (tertiary/aromatic N) is 3. The molecule has 2 fully saturated rings. The summed E-state index contributed by atoms with van der Waals surface area (Å²) >= 11 is 0. The molecule has 2 N–H and O–H groups in total. The molecule has 2 aliphatic heterocycles. The Balaban J connectivity index is 1.77. The lowest BCUT2D eigenvalue weighted by molar-refractivity contribution is -0.141. The summed E-state index contributed by atoms with van der Waals surface area (Å²) in [5.74, 6) is -0.213. The molecule has 2 heterocycles.